The van der Waals surface area contributed by atoms with Crippen LogP contribution in [0.25, 0.3) is 0 Å². The zero-order valence-electron chi connectivity index (χ0n) is 8.07. The number of aromatic nitrogens is 2. The van der Waals surface area contributed by atoms with Gasteiger partial charge in [-0.2, -0.15) is 5.10 Å². The topological polar surface area (TPSA) is 64.1 Å². The number of aryl methyl sites for hydroxylation is 1. The maximum Gasteiger partial charge on any atom is 0.104 e. The van der Waals surface area contributed by atoms with Crippen LogP contribution in [0.2, 0.25) is 0 Å². The highest BCUT2D eigenvalue weighted by Gasteiger charge is 2.49. The van der Waals surface area contributed by atoms with Gasteiger partial charge in [-0.3, -0.25) is 4.68 Å². The van der Waals surface area contributed by atoms with Crippen molar-refractivity contribution in [2.45, 2.75) is 18.9 Å². The third-order valence-electron chi connectivity index (χ3n) is 3.08. The van der Waals surface area contributed by atoms with Crippen LogP contribution in [0.3, 0.4) is 0 Å². The lowest BCUT2D eigenvalue weighted by molar-refractivity contribution is 0.0888. The zero-order valence-corrected chi connectivity index (χ0v) is 9.66. The SMILES string of the molecule is Cn1ncc(Br)c1C(O)C1(CN)CC1. The molecule has 1 aromatic rings. The molecule has 0 saturated heterocycles. The van der Waals surface area contributed by atoms with Gasteiger partial charge in [0, 0.05) is 19.0 Å². The first-order valence-electron chi connectivity index (χ1n) is 4.66. The van der Waals surface area contributed by atoms with Gasteiger partial charge in [-0.05, 0) is 28.8 Å². The fourth-order valence-corrected chi connectivity index (χ4v) is 2.33. The van der Waals surface area contributed by atoms with Crippen molar-refractivity contribution >= 4 is 15.9 Å². The van der Waals surface area contributed by atoms with Crippen molar-refractivity contribution < 1.29 is 5.11 Å². The number of nitrogens with zero attached hydrogens (tertiary/aromatic N) is 2. The van der Waals surface area contributed by atoms with Crippen molar-refractivity contribution in [2.75, 3.05) is 6.54 Å². The minimum atomic E-state index is -0.505. The molecule has 2 rings (SSSR count). The fourth-order valence-electron chi connectivity index (χ4n) is 1.77. The van der Waals surface area contributed by atoms with Gasteiger partial charge in [0.1, 0.15) is 6.10 Å². The second-order valence-corrected chi connectivity index (χ2v) is 4.82. The van der Waals surface area contributed by atoms with Crippen LogP contribution in [0, 0.1) is 5.41 Å². The number of nitrogens with two attached hydrogens (primary N) is 1. The molecule has 3 N–H and O–H groups in total. The molecule has 78 valence electrons. The van der Waals surface area contributed by atoms with Gasteiger partial charge in [0.25, 0.3) is 0 Å². The first kappa shape index (κ1) is 10.1. The monoisotopic (exact) mass is 259 g/mol. The molecule has 1 fully saturated rings. The molecule has 0 spiro atoms. The number of hydrogen-bond donors (Lipinski definition) is 2. The van der Waals surface area contributed by atoms with Gasteiger partial charge >= 0.3 is 0 Å². The Bertz CT molecular complexity index is 326. The Morgan fingerprint density at radius 2 is 2.43 bits per heavy atom. The van der Waals surface area contributed by atoms with Crippen LogP contribution in [-0.2, 0) is 7.05 Å². The summed E-state index contributed by atoms with van der Waals surface area (Å²) in [5, 5.41) is 14.3. The number of hydrogen-bond acceptors (Lipinski definition) is 3. The molecular weight excluding hydrogens is 246 g/mol. The molecular formula is C9H14BrN3O. The molecule has 1 saturated carbocycles. The summed E-state index contributed by atoms with van der Waals surface area (Å²) >= 11 is 3.38. The first-order valence-corrected chi connectivity index (χ1v) is 5.45. The highest BCUT2D eigenvalue weighted by Crippen LogP contribution is 2.54. The molecule has 0 aromatic carbocycles. The molecule has 5 heteroatoms. The molecule has 0 bridgehead atoms. The smallest absolute Gasteiger partial charge is 0.104 e. The molecule has 14 heavy (non-hydrogen) atoms. The Balaban J connectivity index is 2.31. The highest BCUT2D eigenvalue weighted by atomic mass is 79.9. The van der Waals surface area contributed by atoms with Crippen molar-refractivity contribution in [3.63, 3.8) is 0 Å². The Morgan fingerprint density at radius 3 is 2.79 bits per heavy atom. The lowest BCUT2D eigenvalue weighted by atomic mass is 9.97. The molecule has 1 unspecified atom stereocenters. The average Bonchev–Trinajstić information content (AvgIpc) is 2.89. The van der Waals surface area contributed by atoms with Gasteiger partial charge in [-0.25, -0.2) is 0 Å². The molecule has 1 aliphatic carbocycles. The third-order valence-corrected chi connectivity index (χ3v) is 3.69. The van der Waals surface area contributed by atoms with E-state index in [-0.39, 0.29) is 5.41 Å². The van der Waals surface area contributed by atoms with Crippen LogP contribution < -0.4 is 5.73 Å². The molecule has 1 aliphatic rings. The predicted octanol–water partition coefficient (Wildman–Crippen LogP) is 0.955. The van der Waals surface area contributed by atoms with E-state index in [1.807, 2.05) is 7.05 Å². The second-order valence-electron chi connectivity index (χ2n) is 3.97. The Morgan fingerprint density at radius 1 is 1.79 bits per heavy atom. The van der Waals surface area contributed by atoms with E-state index in [1.54, 1.807) is 10.9 Å². The lowest BCUT2D eigenvalue weighted by Gasteiger charge is -2.20. The van der Waals surface area contributed by atoms with E-state index in [4.69, 9.17) is 5.73 Å². The minimum absolute atomic E-state index is 0.101. The summed E-state index contributed by atoms with van der Waals surface area (Å²) in [6, 6.07) is 0. The number of aliphatic hydroxyl groups excluding tert-OH is 1. The van der Waals surface area contributed by atoms with E-state index in [0.717, 1.165) is 23.0 Å². The first-order chi connectivity index (χ1) is 6.60. The van der Waals surface area contributed by atoms with Gasteiger partial charge < -0.3 is 10.8 Å². The molecule has 0 aliphatic heterocycles. The number of aliphatic hydroxyl groups is 1. The summed E-state index contributed by atoms with van der Waals surface area (Å²) in [7, 11) is 1.83. The Hall–Kier alpha value is -0.390. The molecule has 1 aromatic heterocycles. The van der Waals surface area contributed by atoms with E-state index in [2.05, 4.69) is 21.0 Å². The molecule has 0 radical (unpaired) electrons. The van der Waals surface area contributed by atoms with Crippen LogP contribution >= 0.6 is 15.9 Å². The van der Waals surface area contributed by atoms with E-state index >= 15 is 0 Å². The van der Waals surface area contributed by atoms with E-state index < -0.39 is 6.10 Å². The van der Waals surface area contributed by atoms with Crippen LogP contribution in [-0.4, -0.2) is 21.4 Å². The lowest BCUT2D eigenvalue weighted by Crippen LogP contribution is -2.25. The normalized spacial score (nSPS) is 20.9. The minimum Gasteiger partial charge on any atom is -0.386 e. The average molecular weight is 260 g/mol. The molecule has 0 amide bonds. The van der Waals surface area contributed by atoms with Gasteiger partial charge in [0.15, 0.2) is 0 Å². The molecule has 1 heterocycles. The predicted molar refractivity (Wildman–Crippen MR) is 56.6 cm³/mol. The summed E-state index contributed by atoms with van der Waals surface area (Å²) in [4.78, 5) is 0. The summed E-state index contributed by atoms with van der Waals surface area (Å²) in [5.74, 6) is 0. The second kappa shape index (κ2) is 3.32. The van der Waals surface area contributed by atoms with Gasteiger partial charge in [-0.1, -0.05) is 0 Å². The maximum absolute atomic E-state index is 10.2. The summed E-state index contributed by atoms with van der Waals surface area (Å²) in [6.45, 7) is 0.534. The zero-order chi connectivity index (χ0) is 10.3. The quantitative estimate of drug-likeness (QED) is 0.850. The number of rotatable bonds is 3. The fraction of sp³-hybridized carbons (Fsp3) is 0.667. The molecule has 4 nitrogen and oxygen atoms in total. The van der Waals surface area contributed by atoms with E-state index in [0.29, 0.717) is 6.54 Å². The van der Waals surface area contributed by atoms with Crippen molar-refractivity contribution in [3.8, 4) is 0 Å². The van der Waals surface area contributed by atoms with Crippen LogP contribution in [0.4, 0.5) is 0 Å². The largest absolute Gasteiger partial charge is 0.386 e. The summed E-state index contributed by atoms with van der Waals surface area (Å²) < 4.78 is 2.55. The Kier molecular flexibility index (Phi) is 2.41. The third kappa shape index (κ3) is 1.39. The standard InChI is InChI=1S/C9H14BrN3O/c1-13-7(6(10)4-12-13)8(14)9(5-11)2-3-9/h4,8,14H,2-3,5,11H2,1H3. The van der Waals surface area contributed by atoms with Gasteiger partial charge in [-0.15, -0.1) is 0 Å². The maximum atomic E-state index is 10.2. The van der Waals surface area contributed by atoms with Crippen LogP contribution in [0.5, 0.6) is 0 Å². The van der Waals surface area contributed by atoms with Crippen molar-refractivity contribution in [3.05, 3.63) is 16.4 Å². The highest BCUT2D eigenvalue weighted by molar-refractivity contribution is 9.10. The van der Waals surface area contributed by atoms with E-state index in [9.17, 15) is 5.11 Å². The van der Waals surface area contributed by atoms with Crippen molar-refractivity contribution in [1.29, 1.82) is 0 Å². The van der Waals surface area contributed by atoms with Crippen LogP contribution in [0.1, 0.15) is 24.6 Å². The Labute approximate surface area is 91.2 Å². The number of halogens is 1. The van der Waals surface area contributed by atoms with Gasteiger partial charge in [0.2, 0.25) is 0 Å². The summed E-state index contributed by atoms with van der Waals surface area (Å²) in [5.41, 5.74) is 6.40. The summed E-state index contributed by atoms with van der Waals surface area (Å²) in [6.07, 6.45) is 3.20. The van der Waals surface area contributed by atoms with Crippen molar-refractivity contribution in [1.82, 2.24) is 9.78 Å². The van der Waals surface area contributed by atoms with Crippen LogP contribution in [0.15, 0.2) is 10.7 Å². The van der Waals surface area contributed by atoms with Gasteiger partial charge in [0.05, 0.1) is 16.4 Å². The van der Waals surface area contributed by atoms with E-state index in [1.165, 1.54) is 0 Å². The van der Waals surface area contributed by atoms with Crippen molar-refractivity contribution in [2.24, 2.45) is 18.2 Å². The molecule has 1 atom stereocenters.